The Morgan fingerprint density at radius 1 is 1.50 bits per heavy atom. The molecule has 18 heavy (non-hydrogen) atoms. The van der Waals surface area contributed by atoms with Crippen LogP contribution >= 0.6 is 27.3 Å². The van der Waals surface area contributed by atoms with Crippen LogP contribution in [-0.2, 0) is 10.0 Å². The Balaban J connectivity index is 2.15. The Kier molecular flexibility index (Phi) is 4.82. The van der Waals surface area contributed by atoms with Gasteiger partial charge in [-0.15, -0.1) is 11.3 Å². The van der Waals surface area contributed by atoms with Gasteiger partial charge in [0.05, 0.1) is 3.79 Å². The van der Waals surface area contributed by atoms with Gasteiger partial charge in [0.1, 0.15) is 4.21 Å². The molecule has 0 saturated carbocycles. The molecule has 1 aliphatic heterocycles. The van der Waals surface area contributed by atoms with E-state index in [1.807, 2.05) is 0 Å². The molecule has 0 aromatic carbocycles. The van der Waals surface area contributed by atoms with Crippen molar-refractivity contribution in [3.63, 3.8) is 0 Å². The lowest BCUT2D eigenvalue weighted by atomic mass is 9.96. The lowest BCUT2D eigenvalue weighted by Gasteiger charge is -2.31. The third kappa shape index (κ3) is 3.14. The Morgan fingerprint density at radius 2 is 2.28 bits per heavy atom. The van der Waals surface area contributed by atoms with Gasteiger partial charge in [0.2, 0.25) is 0 Å². The normalized spacial score (nSPS) is 22.2. The number of nitrogens with zero attached hydrogens (tertiary/aromatic N) is 1. The molecule has 0 aliphatic carbocycles. The molecule has 0 spiro atoms. The van der Waals surface area contributed by atoms with E-state index in [1.165, 1.54) is 11.3 Å². The molecule has 4 nitrogen and oxygen atoms in total. The van der Waals surface area contributed by atoms with Crippen molar-refractivity contribution in [2.24, 2.45) is 11.7 Å². The summed E-state index contributed by atoms with van der Waals surface area (Å²) in [7, 11) is -3.31. The molecule has 1 fully saturated rings. The number of rotatable bonds is 4. The summed E-state index contributed by atoms with van der Waals surface area (Å²) in [6.45, 7) is 1.86. The summed E-state index contributed by atoms with van der Waals surface area (Å²) in [5.74, 6) is 0.405. The first kappa shape index (κ1) is 14.5. The molecule has 2 heterocycles. The highest BCUT2D eigenvalue weighted by Gasteiger charge is 2.30. The number of sulfonamides is 1. The van der Waals surface area contributed by atoms with Gasteiger partial charge in [-0.2, -0.15) is 4.31 Å². The summed E-state index contributed by atoms with van der Waals surface area (Å²) in [5, 5.41) is 0. The third-order valence-corrected chi connectivity index (χ3v) is 7.16. The van der Waals surface area contributed by atoms with Crippen molar-refractivity contribution in [3.05, 3.63) is 15.9 Å². The molecule has 1 unspecified atom stereocenters. The fourth-order valence-corrected chi connectivity index (χ4v) is 6.00. The van der Waals surface area contributed by atoms with Crippen LogP contribution in [0.1, 0.15) is 19.3 Å². The van der Waals surface area contributed by atoms with Crippen molar-refractivity contribution in [2.45, 2.75) is 23.5 Å². The molecule has 2 rings (SSSR count). The van der Waals surface area contributed by atoms with E-state index in [-0.39, 0.29) is 0 Å². The molecule has 1 aliphatic rings. The van der Waals surface area contributed by atoms with Crippen molar-refractivity contribution < 1.29 is 8.42 Å². The summed E-state index contributed by atoms with van der Waals surface area (Å²) in [5.41, 5.74) is 5.56. The lowest BCUT2D eigenvalue weighted by molar-refractivity contribution is 0.258. The van der Waals surface area contributed by atoms with Gasteiger partial charge in [0, 0.05) is 13.1 Å². The van der Waals surface area contributed by atoms with Crippen LogP contribution < -0.4 is 5.73 Å². The molecule has 1 saturated heterocycles. The Hall–Kier alpha value is 0.0500. The molecule has 102 valence electrons. The van der Waals surface area contributed by atoms with Crippen molar-refractivity contribution in [1.82, 2.24) is 4.31 Å². The zero-order valence-electron chi connectivity index (χ0n) is 10.0. The summed E-state index contributed by atoms with van der Waals surface area (Å²) in [6.07, 6.45) is 2.91. The van der Waals surface area contributed by atoms with Gasteiger partial charge in [0.25, 0.3) is 10.0 Å². The third-order valence-electron chi connectivity index (χ3n) is 3.20. The number of piperidine rings is 1. The fourth-order valence-electron chi connectivity index (χ4n) is 2.28. The molecule has 0 amide bonds. The predicted molar refractivity (Wildman–Crippen MR) is 77.2 cm³/mol. The highest BCUT2D eigenvalue weighted by Crippen LogP contribution is 2.31. The van der Waals surface area contributed by atoms with Gasteiger partial charge < -0.3 is 5.73 Å². The van der Waals surface area contributed by atoms with Crippen LogP contribution in [0, 0.1) is 5.92 Å². The van der Waals surface area contributed by atoms with E-state index in [0.717, 1.165) is 23.0 Å². The summed E-state index contributed by atoms with van der Waals surface area (Å²) in [4.78, 5) is 0. The minimum absolute atomic E-state index is 0.405. The second-order valence-corrected chi connectivity index (χ2v) is 9.13. The Labute approximate surface area is 120 Å². The summed E-state index contributed by atoms with van der Waals surface area (Å²) in [6, 6.07) is 3.44. The number of halogens is 1. The monoisotopic (exact) mass is 352 g/mol. The first-order chi connectivity index (χ1) is 8.54. The largest absolute Gasteiger partial charge is 0.330 e. The topological polar surface area (TPSA) is 63.4 Å². The van der Waals surface area contributed by atoms with Gasteiger partial charge in [-0.1, -0.05) is 0 Å². The van der Waals surface area contributed by atoms with Crippen molar-refractivity contribution in [1.29, 1.82) is 0 Å². The highest BCUT2D eigenvalue weighted by atomic mass is 79.9. The Morgan fingerprint density at radius 3 is 2.89 bits per heavy atom. The number of hydrogen-bond donors (Lipinski definition) is 1. The quantitative estimate of drug-likeness (QED) is 0.903. The number of thiophene rings is 1. The first-order valence-electron chi connectivity index (χ1n) is 5.99. The molecule has 7 heteroatoms. The number of nitrogens with two attached hydrogens (primary N) is 1. The summed E-state index contributed by atoms with van der Waals surface area (Å²) < 4.78 is 27.7. The molecule has 0 radical (unpaired) electrons. The molecule has 1 aromatic heterocycles. The Bertz CT molecular complexity index is 499. The van der Waals surface area contributed by atoms with Gasteiger partial charge in [-0.25, -0.2) is 8.42 Å². The van der Waals surface area contributed by atoms with Crippen LogP contribution in [0.25, 0.3) is 0 Å². The van der Waals surface area contributed by atoms with Crippen LogP contribution in [-0.4, -0.2) is 32.4 Å². The molecule has 1 aromatic rings. The maximum absolute atomic E-state index is 12.4. The van der Waals surface area contributed by atoms with E-state index >= 15 is 0 Å². The van der Waals surface area contributed by atoms with Gasteiger partial charge in [0.15, 0.2) is 0 Å². The highest BCUT2D eigenvalue weighted by molar-refractivity contribution is 9.11. The van der Waals surface area contributed by atoms with Crippen molar-refractivity contribution in [2.75, 3.05) is 19.6 Å². The van der Waals surface area contributed by atoms with Crippen LogP contribution in [0.3, 0.4) is 0 Å². The predicted octanol–water partition coefficient (Wildman–Crippen LogP) is 2.26. The maximum Gasteiger partial charge on any atom is 0.252 e. The van der Waals surface area contributed by atoms with Gasteiger partial charge in [-0.05, 0) is 59.8 Å². The fraction of sp³-hybridized carbons (Fsp3) is 0.636. The van der Waals surface area contributed by atoms with Crippen LogP contribution in [0.15, 0.2) is 20.1 Å². The summed E-state index contributed by atoms with van der Waals surface area (Å²) >= 11 is 4.57. The smallest absolute Gasteiger partial charge is 0.252 e. The van der Waals surface area contributed by atoms with E-state index in [9.17, 15) is 8.42 Å². The lowest BCUT2D eigenvalue weighted by Crippen LogP contribution is -2.40. The van der Waals surface area contributed by atoms with Crippen molar-refractivity contribution in [3.8, 4) is 0 Å². The minimum atomic E-state index is -3.31. The van der Waals surface area contributed by atoms with Crippen molar-refractivity contribution >= 4 is 37.3 Å². The molecular formula is C11H17BrN2O2S2. The SMILES string of the molecule is NCCC1CCCN(S(=O)(=O)c2ccc(Br)s2)C1. The average Bonchev–Trinajstić information content (AvgIpc) is 2.77. The standard InChI is InChI=1S/C11H17BrN2O2S2/c12-10-3-4-11(17-10)18(15,16)14-7-1-2-9(8-14)5-6-13/h3-4,9H,1-2,5-8,13H2. The van der Waals surface area contributed by atoms with E-state index in [0.29, 0.717) is 29.8 Å². The van der Waals surface area contributed by atoms with E-state index in [2.05, 4.69) is 15.9 Å². The van der Waals surface area contributed by atoms with E-state index in [1.54, 1.807) is 16.4 Å². The average molecular weight is 353 g/mol. The molecule has 0 bridgehead atoms. The van der Waals surface area contributed by atoms with E-state index in [4.69, 9.17) is 5.73 Å². The zero-order chi connectivity index (χ0) is 13.2. The maximum atomic E-state index is 12.4. The second kappa shape index (κ2) is 6.00. The van der Waals surface area contributed by atoms with Crippen LogP contribution in [0.5, 0.6) is 0 Å². The molecule has 1 atom stereocenters. The first-order valence-corrected chi connectivity index (χ1v) is 9.04. The van der Waals surface area contributed by atoms with Crippen LogP contribution in [0.2, 0.25) is 0 Å². The minimum Gasteiger partial charge on any atom is -0.330 e. The molecule has 2 N–H and O–H groups in total. The zero-order valence-corrected chi connectivity index (χ0v) is 13.2. The van der Waals surface area contributed by atoms with Gasteiger partial charge >= 0.3 is 0 Å². The van der Waals surface area contributed by atoms with Crippen LogP contribution in [0.4, 0.5) is 0 Å². The van der Waals surface area contributed by atoms with Gasteiger partial charge in [-0.3, -0.25) is 0 Å². The number of hydrogen-bond acceptors (Lipinski definition) is 4. The molecular weight excluding hydrogens is 336 g/mol. The van der Waals surface area contributed by atoms with E-state index < -0.39 is 10.0 Å². The second-order valence-electron chi connectivity index (χ2n) is 4.51.